The van der Waals surface area contributed by atoms with Gasteiger partial charge in [-0.05, 0) is 30.9 Å². The van der Waals surface area contributed by atoms with Gasteiger partial charge in [0.05, 0.1) is 11.6 Å². The summed E-state index contributed by atoms with van der Waals surface area (Å²) in [5, 5.41) is 11.4. The smallest absolute Gasteiger partial charge is 0.150 e. The Kier molecular flexibility index (Phi) is 2.78. The normalized spacial score (nSPS) is 23.4. The predicted molar refractivity (Wildman–Crippen MR) is 56.9 cm³/mol. The topological polar surface area (TPSA) is 35.8 Å². The summed E-state index contributed by atoms with van der Waals surface area (Å²) in [6, 6.07) is 3.96. The standard InChI is InChI=1S/C12H12F2N2/c1-7-2-9(3-7)16-12-10(13)4-8(6-15)5-11(12)14/h4-5,7,9,16H,2-3H2,1H3. The minimum absolute atomic E-state index is 0.00234. The van der Waals surface area contributed by atoms with Gasteiger partial charge in [-0.25, -0.2) is 8.78 Å². The highest BCUT2D eigenvalue weighted by molar-refractivity contribution is 5.51. The van der Waals surface area contributed by atoms with Crippen LogP contribution in [0.25, 0.3) is 0 Å². The molecule has 0 aliphatic heterocycles. The van der Waals surface area contributed by atoms with E-state index >= 15 is 0 Å². The summed E-state index contributed by atoms with van der Waals surface area (Å²) in [5.41, 5.74) is -0.113. The minimum Gasteiger partial charge on any atom is -0.378 e. The Morgan fingerprint density at radius 3 is 2.31 bits per heavy atom. The summed E-state index contributed by atoms with van der Waals surface area (Å²) < 4.78 is 26.9. The van der Waals surface area contributed by atoms with Gasteiger partial charge in [-0.1, -0.05) is 6.92 Å². The lowest BCUT2D eigenvalue weighted by atomic mass is 9.82. The molecule has 0 heterocycles. The average molecular weight is 222 g/mol. The van der Waals surface area contributed by atoms with Gasteiger partial charge in [-0.15, -0.1) is 0 Å². The van der Waals surface area contributed by atoms with Crippen LogP contribution in [0.5, 0.6) is 0 Å². The summed E-state index contributed by atoms with van der Waals surface area (Å²) in [5.74, 6) is -0.783. The number of anilines is 1. The first kappa shape index (κ1) is 10.9. The third-order valence-electron chi connectivity index (χ3n) is 2.89. The van der Waals surface area contributed by atoms with Crippen LogP contribution in [0.4, 0.5) is 14.5 Å². The van der Waals surface area contributed by atoms with Gasteiger partial charge >= 0.3 is 0 Å². The quantitative estimate of drug-likeness (QED) is 0.834. The van der Waals surface area contributed by atoms with Gasteiger partial charge in [0.25, 0.3) is 0 Å². The zero-order valence-electron chi connectivity index (χ0n) is 8.93. The summed E-state index contributed by atoms with van der Waals surface area (Å²) in [6.45, 7) is 2.10. The van der Waals surface area contributed by atoms with Crippen molar-refractivity contribution >= 4 is 5.69 Å². The van der Waals surface area contributed by atoms with Crippen LogP contribution in [0.15, 0.2) is 12.1 Å². The molecular formula is C12H12F2N2. The number of halogens is 2. The van der Waals surface area contributed by atoms with E-state index in [2.05, 4.69) is 12.2 Å². The zero-order valence-corrected chi connectivity index (χ0v) is 8.93. The molecule has 1 aromatic rings. The zero-order chi connectivity index (χ0) is 11.7. The Bertz CT molecular complexity index is 422. The van der Waals surface area contributed by atoms with E-state index in [-0.39, 0.29) is 17.3 Å². The maximum Gasteiger partial charge on any atom is 0.150 e. The number of benzene rings is 1. The van der Waals surface area contributed by atoms with E-state index < -0.39 is 11.6 Å². The lowest BCUT2D eigenvalue weighted by Gasteiger charge is -2.34. The molecule has 0 radical (unpaired) electrons. The third kappa shape index (κ3) is 1.99. The summed E-state index contributed by atoms with van der Waals surface area (Å²) >= 11 is 0. The van der Waals surface area contributed by atoms with Crippen molar-refractivity contribution in [3.05, 3.63) is 29.3 Å². The molecule has 0 bridgehead atoms. The van der Waals surface area contributed by atoms with Crippen molar-refractivity contribution in [2.24, 2.45) is 5.92 Å². The average Bonchev–Trinajstić information content (AvgIpc) is 2.19. The second-order valence-electron chi connectivity index (χ2n) is 4.34. The van der Waals surface area contributed by atoms with Gasteiger partial charge in [0.1, 0.15) is 5.69 Å². The van der Waals surface area contributed by atoms with Crippen LogP contribution in [-0.4, -0.2) is 6.04 Å². The van der Waals surface area contributed by atoms with Crippen LogP contribution in [0.2, 0.25) is 0 Å². The number of hydrogen-bond acceptors (Lipinski definition) is 2. The van der Waals surface area contributed by atoms with E-state index in [1.807, 2.05) is 0 Å². The number of nitrogens with one attached hydrogen (secondary N) is 1. The van der Waals surface area contributed by atoms with Gasteiger partial charge in [-0.3, -0.25) is 0 Å². The van der Waals surface area contributed by atoms with Crippen molar-refractivity contribution in [2.45, 2.75) is 25.8 Å². The fraction of sp³-hybridized carbons (Fsp3) is 0.417. The molecule has 0 atom stereocenters. The molecule has 0 saturated heterocycles. The molecule has 4 heteroatoms. The van der Waals surface area contributed by atoms with E-state index in [9.17, 15) is 8.78 Å². The van der Waals surface area contributed by atoms with E-state index in [0.29, 0.717) is 5.92 Å². The van der Waals surface area contributed by atoms with Crippen molar-refractivity contribution in [3.63, 3.8) is 0 Å². The first-order valence-electron chi connectivity index (χ1n) is 5.26. The maximum atomic E-state index is 13.5. The highest BCUT2D eigenvalue weighted by Gasteiger charge is 2.26. The van der Waals surface area contributed by atoms with Crippen LogP contribution in [0.1, 0.15) is 25.3 Å². The fourth-order valence-corrected chi connectivity index (χ4v) is 2.00. The van der Waals surface area contributed by atoms with Gasteiger partial charge < -0.3 is 5.32 Å². The molecule has 16 heavy (non-hydrogen) atoms. The maximum absolute atomic E-state index is 13.5. The molecule has 1 aromatic carbocycles. The second kappa shape index (κ2) is 4.09. The molecule has 1 saturated carbocycles. The fourth-order valence-electron chi connectivity index (χ4n) is 2.00. The monoisotopic (exact) mass is 222 g/mol. The van der Waals surface area contributed by atoms with Crippen LogP contribution < -0.4 is 5.32 Å². The molecule has 1 fully saturated rings. The molecule has 0 amide bonds. The summed E-state index contributed by atoms with van der Waals surface area (Å²) in [6.07, 6.45) is 1.86. The van der Waals surface area contributed by atoms with Gasteiger partial charge in [0, 0.05) is 6.04 Å². The minimum atomic E-state index is -0.698. The van der Waals surface area contributed by atoms with Crippen molar-refractivity contribution in [2.75, 3.05) is 5.32 Å². The van der Waals surface area contributed by atoms with Crippen LogP contribution >= 0.6 is 0 Å². The number of nitrogens with zero attached hydrogens (tertiary/aromatic N) is 1. The first-order valence-corrected chi connectivity index (χ1v) is 5.26. The molecule has 84 valence electrons. The predicted octanol–water partition coefficient (Wildman–Crippen LogP) is 3.05. The Morgan fingerprint density at radius 2 is 1.88 bits per heavy atom. The van der Waals surface area contributed by atoms with E-state index in [4.69, 9.17) is 5.26 Å². The summed E-state index contributed by atoms with van der Waals surface area (Å²) in [7, 11) is 0. The summed E-state index contributed by atoms with van der Waals surface area (Å²) in [4.78, 5) is 0. The van der Waals surface area contributed by atoms with E-state index in [1.54, 1.807) is 6.07 Å². The molecular weight excluding hydrogens is 210 g/mol. The molecule has 1 aliphatic carbocycles. The van der Waals surface area contributed by atoms with Crippen molar-refractivity contribution in [1.29, 1.82) is 5.26 Å². The third-order valence-corrected chi connectivity index (χ3v) is 2.89. The Hall–Kier alpha value is -1.63. The number of hydrogen-bond donors (Lipinski definition) is 1. The van der Waals surface area contributed by atoms with Crippen molar-refractivity contribution in [3.8, 4) is 6.07 Å². The van der Waals surface area contributed by atoms with E-state index in [0.717, 1.165) is 25.0 Å². The lowest BCUT2D eigenvalue weighted by molar-refractivity contribution is 0.307. The molecule has 2 rings (SSSR count). The Balaban J connectivity index is 2.18. The first-order chi connectivity index (χ1) is 7.60. The largest absolute Gasteiger partial charge is 0.378 e. The molecule has 0 spiro atoms. The van der Waals surface area contributed by atoms with Crippen molar-refractivity contribution < 1.29 is 8.78 Å². The van der Waals surface area contributed by atoms with Gasteiger partial charge in [-0.2, -0.15) is 5.26 Å². The number of nitriles is 1. The highest BCUT2D eigenvalue weighted by Crippen LogP contribution is 2.31. The molecule has 0 aromatic heterocycles. The highest BCUT2D eigenvalue weighted by atomic mass is 19.1. The molecule has 1 aliphatic rings. The van der Waals surface area contributed by atoms with Crippen molar-refractivity contribution in [1.82, 2.24) is 0 Å². The van der Waals surface area contributed by atoms with E-state index in [1.165, 1.54) is 0 Å². The van der Waals surface area contributed by atoms with Crippen LogP contribution in [0.3, 0.4) is 0 Å². The van der Waals surface area contributed by atoms with Gasteiger partial charge in [0.2, 0.25) is 0 Å². The molecule has 2 nitrogen and oxygen atoms in total. The molecule has 1 N–H and O–H groups in total. The Labute approximate surface area is 92.9 Å². The SMILES string of the molecule is CC1CC(Nc2c(F)cc(C#N)cc2F)C1. The van der Waals surface area contributed by atoms with Gasteiger partial charge in [0.15, 0.2) is 11.6 Å². The van der Waals surface area contributed by atoms with Crippen LogP contribution in [0, 0.1) is 28.9 Å². The molecule has 0 unspecified atom stereocenters. The Morgan fingerprint density at radius 1 is 1.31 bits per heavy atom. The van der Waals surface area contributed by atoms with Crippen LogP contribution in [-0.2, 0) is 0 Å². The second-order valence-corrected chi connectivity index (χ2v) is 4.34. The lowest BCUT2D eigenvalue weighted by Crippen LogP contribution is -2.34. The number of rotatable bonds is 2.